The number of aryl methyl sites for hydroxylation is 2. The number of anilines is 1. The van der Waals surface area contributed by atoms with Crippen molar-refractivity contribution in [3.8, 4) is 0 Å². The van der Waals surface area contributed by atoms with Gasteiger partial charge in [0.15, 0.2) is 0 Å². The lowest BCUT2D eigenvalue weighted by Gasteiger charge is -2.35. The van der Waals surface area contributed by atoms with Gasteiger partial charge in [-0.2, -0.15) is 5.10 Å². The number of morpholine rings is 1. The molecule has 1 N–H and O–H groups in total. The number of halogens is 1. The molecule has 0 radical (unpaired) electrons. The third kappa shape index (κ3) is 5.46. The van der Waals surface area contributed by atoms with Gasteiger partial charge in [-0.05, 0) is 48.7 Å². The molecule has 0 unspecified atom stereocenters. The zero-order chi connectivity index (χ0) is 23.4. The molecule has 1 saturated heterocycles. The Balaban J connectivity index is 1.51. The van der Waals surface area contributed by atoms with Crippen LogP contribution in [0.25, 0.3) is 0 Å². The van der Waals surface area contributed by atoms with Crippen molar-refractivity contribution in [2.45, 2.75) is 32.7 Å². The summed E-state index contributed by atoms with van der Waals surface area (Å²) in [6.07, 6.45) is 0.523. The first kappa shape index (κ1) is 23.1. The van der Waals surface area contributed by atoms with E-state index in [1.54, 1.807) is 12.1 Å². The molecule has 0 aromatic heterocycles. The quantitative estimate of drug-likeness (QED) is 0.731. The van der Waals surface area contributed by atoms with Gasteiger partial charge in [0.25, 0.3) is 5.91 Å². The van der Waals surface area contributed by atoms with Crippen LogP contribution in [0.5, 0.6) is 0 Å². The molecule has 2 aliphatic heterocycles. The second kappa shape index (κ2) is 10.2. The Labute approximate surface area is 193 Å². The first-order valence-electron chi connectivity index (χ1n) is 11.3. The SMILES string of the molecule is Cc1ccc(C)c(N2N=C(C(=O)NC[C@@H](c3ccc(F)cc3)N3CCOCC3)CCC2=O)c1. The van der Waals surface area contributed by atoms with Crippen LogP contribution in [0.1, 0.15) is 35.6 Å². The fraction of sp³-hybridized carbons (Fsp3) is 0.400. The van der Waals surface area contributed by atoms with Gasteiger partial charge in [0.2, 0.25) is 5.91 Å². The van der Waals surface area contributed by atoms with Crippen molar-refractivity contribution in [3.05, 3.63) is 65.0 Å². The third-order valence-corrected chi connectivity index (χ3v) is 6.08. The first-order chi connectivity index (χ1) is 15.9. The molecule has 2 heterocycles. The van der Waals surface area contributed by atoms with Gasteiger partial charge >= 0.3 is 0 Å². The van der Waals surface area contributed by atoms with Crippen molar-refractivity contribution in [3.63, 3.8) is 0 Å². The van der Waals surface area contributed by atoms with E-state index in [2.05, 4.69) is 15.3 Å². The maximum atomic E-state index is 13.5. The molecule has 8 heteroatoms. The van der Waals surface area contributed by atoms with Crippen molar-refractivity contribution in [1.82, 2.24) is 10.2 Å². The molecule has 0 aliphatic carbocycles. The highest BCUT2D eigenvalue weighted by molar-refractivity contribution is 6.40. The summed E-state index contributed by atoms with van der Waals surface area (Å²) in [6, 6.07) is 12.1. The highest BCUT2D eigenvalue weighted by Crippen LogP contribution is 2.26. The van der Waals surface area contributed by atoms with Gasteiger partial charge in [-0.25, -0.2) is 9.40 Å². The average Bonchev–Trinajstić information content (AvgIpc) is 2.83. The molecule has 0 bridgehead atoms. The van der Waals surface area contributed by atoms with Crippen LogP contribution < -0.4 is 10.3 Å². The van der Waals surface area contributed by atoms with Crippen LogP contribution in [0.15, 0.2) is 47.6 Å². The lowest BCUT2D eigenvalue weighted by atomic mass is 10.0. The minimum Gasteiger partial charge on any atom is -0.379 e. The number of nitrogens with one attached hydrogen (secondary N) is 1. The van der Waals surface area contributed by atoms with Crippen LogP contribution in [-0.2, 0) is 14.3 Å². The summed E-state index contributed by atoms with van der Waals surface area (Å²) in [5.41, 5.74) is 3.89. The number of benzene rings is 2. The Morgan fingerprint density at radius 3 is 2.58 bits per heavy atom. The summed E-state index contributed by atoms with van der Waals surface area (Å²) in [4.78, 5) is 27.8. The second-order valence-electron chi connectivity index (χ2n) is 8.47. The van der Waals surface area contributed by atoms with Gasteiger partial charge in [0.1, 0.15) is 11.5 Å². The molecule has 33 heavy (non-hydrogen) atoms. The number of hydrogen-bond donors (Lipinski definition) is 1. The lowest BCUT2D eigenvalue weighted by molar-refractivity contribution is -0.119. The van der Waals surface area contributed by atoms with Gasteiger partial charge in [0, 0.05) is 32.5 Å². The normalized spacial score (nSPS) is 18.1. The molecule has 1 atom stereocenters. The van der Waals surface area contributed by atoms with Gasteiger partial charge in [-0.1, -0.05) is 24.3 Å². The van der Waals surface area contributed by atoms with Crippen LogP contribution in [0.2, 0.25) is 0 Å². The third-order valence-electron chi connectivity index (χ3n) is 6.08. The van der Waals surface area contributed by atoms with Crippen LogP contribution in [0.4, 0.5) is 10.1 Å². The lowest BCUT2D eigenvalue weighted by Crippen LogP contribution is -2.46. The summed E-state index contributed by atoms with van der Waals surface area (Å²) in [6.45, 7) is 6.91. The van der Waals surface area contributed by atoms with E-state index < -0.39 is 0 Å². The topological polar surface area (TPSA) is 74.2 Å². The molecule has 4 rings (SSSR count). The van der Waals surface area contributed by atoms with Crippen molar-refractivity contribution in [2.24, 2.45) is 5.10 Å². The van der Waals surface area contributed by atoms with Gasteiger partial charge < -0.3 is 10.1 Å². The monoisotopic (exact) mass is 452 g/mol. The standard InChI is InChI=1S/C25H29FN4O3/c1-17-3-4-18(2)22(15-17)30-24(31)10-9-21(28-30)25(32)27-16-23(29-11-13-33-14-12-29)19-5-7-20(26)8-6-19/h3-8,15,23H,9-14,16H2,1-2H3,(H,27,32)/t23-/m0/s1. The predicted molar refractivity (Wildman–Crippen MR) is 125 cm³/mol. The zero-order valence-electron chi connectivity index (χ0n) is 19.0. The number of amides is 2. The minimum atomic E-state index is -0.295. The van der Waals surface area contributed by atoms with Gasteiger partial charge in [-0.15, -0.1) is 0 Å². The zero-order valence-corrected chi connectivity index (χ0v) is 19.0. The highest BCUT2D eigenvalue weighted by atomic mass is 19.1. The molecule has 0 spiro atoms. The van der Waals surface area contributed by atoms with E-state index in [0.717, 1.165) is 29.8 Å². The maximum absolute atomic E-state index is 13.5. The minimum absolute atomic E-state index is 0.112. The van der Waals surface area contributed by atoms with Crippen LogP contribution in [-0.4, -0.2) is 55.3 Å². The molecule has 174 valence electrons. The predicted octanol–water partition coefficient (Wildman–Crippen LogP) is 3.12. The molecule has 2 aromatic rings. The number of hydrogen-bond acceptors (Lipinski definition) is 5. The van der Waals surface area contributed by atoms with E-state index in [1.807, 2.05) is 32.0 Å². The van der Waals surface area contributed by atoms with Crippen LogP contribution in [0.3, 0.4) is 0 Å². The van der Waals surface area contributed by atoms with Crippen molar-refractivity contribution in [2.75, 3.05) is 37.9 Å². The number of hydrazone groups is 1. The Hall–Kier alpha value is -3.10. The molecule has 2 amide bonds. The van der Waals surface area contributed by atoms with Gasteiger partial charge in [0.05, 0.1) is 24.9 Å². The van der Waals surface area contributed by atoms with E-state index in [4.69, 9.17) is 4.74 Å². The highest BCUT2D eigenvalue weighted by Gasteiger charge is 2.28. The Bertz CT molecular complexity index is 1050. The molecule has 1 fully saturated rings. The smallest absolute Gasteiger partial charge is 0.267 e. The van der Waals surface area contributed by atoms with E-state index in [0.29, 0.717) is 37.6 Å². The summed E-state index contributed by atoms with van der Waals surface area (Å²) in [5, 5.41) is 8.75. The summed E-state index contributed by atoms with van der Waals surface area (Å²) < 4.78 is 18.9. The summed E-state index contributed by atoms with van der Waals surface area (Å²) >= 11 is 0. The van der Waals surface area contributed by atoms with E-state index in [-0.39, 0.29) is 30.1 Å². The second-order valence-corrected chi connectivity index (χ2v) is 8.47. The largest absolute Gasteiger partial charge is 0.379 e. The Kier molecular flexibility index (Phi) is 7.15. The summed E-state index contributed by atoms with van der Waals surface area (Å²) in [5.74, 6) is -0.716. The van der Waals surface area contributed by atoms with E-state index >= 15 is 0 Å². The molecular formula is C25H29FN4O3. The van der Waals surface area contributed by atoms with E-state index in [1.165, 1.54) is 17.1 Å². The Morgan fingerprint density at radius 2 is 1.85 bits per heavy atom. The Morgan fingerprint density at radius 1 is 1.12 bits per heavy atom. The van der Waals surface area contributed by atoms with E-state index in [9.17, 15) is 14.0 Å². The average molecular weight is 453 g/mol. The van der Waals surface area contributed by atoms with Crippen LogP contribution >= 0.6 is 0 Å². The fourth-order valence-corrected chi connectivity index (χ4v) is 4.18. The number of carbonyl (C=O) groups excluding carboxylic acids is 2. The summed E-state index contributed by atoms with van der Waals surface area (Å²) in [7, 11) is 0. The number of nitrogens with zero attached hydrogens (tertiary/aromatic N) is 3. The molecule has 0 saturated carbocycles. The molecule has 2 aromatic carbocycles. The fourth-order valence-electron chi connectivity index (χ4n) is 4.18. The molecular weight excluding hydrogens is 423 g/mol. The first-order valence-corrected chi connectivity index (χ1v) is 11.3. The number of ether oxygens (including phenoxy) is 1. The van der Waals surface area contributed by atoms with Gasteiger partial charge in [-0.3, -0.25) is 14.5 Å². The number of carbonyl (C=O) groups is 2. The van der Waals surface area contributed by atoms with Crippen molar-refractivity contribution >= 4 is 23.2 Å². The van der Waals surface area contributed by atoms with Crippen molar-refractivity contribution in [1.29, 1.82) is 0 Å². The number of rotatable bonds is 6. The molecule has 7 nitrogen and oxygen atoms in total. The van der Waals surface area contributed by atoms with Crippen molar-refractivity contribution < 1.29 is 18.7 Å². The maximum Gasteiger partial charge on any atom is 0.267 e. The molecule has 2 aliphatic rings. The van der Waals surface area contributed by atoms with Crippen LogP contribution in [0, 0.1) is 19.7 Å².